The second kappa shape index (κ2) is 4.62. The fraction of sp³-hybridized carbons (Fsp3) is 0.111. The van der Waals surface area contributed by atoms with E-state index in [1.54, 1.807) is 24.3 Å². The van der Waals surface area contributed by atoms with Crippen LogP contribution in [0.5, 0.6) is 0 Å². The van der Waals surface area contributed by atoms with Crippen molar-refractivity contribution in [3.05, 3.63) is 57.4 Å². The van der Waals surface area contributed by atoms with Gasteiger partial charge in [-0.2, -0.15) is 0 Å². The van der Waals surface area contributed by atoms with Crippen molar-refractivity contribution in [2.45, 2.75) is 6.54 Å². The summed E-state index contributed by atoms with van der Waals surface area (Å²) in [5.41, 5.74) is 0.914. The Kier molecular flexibility index (Phi) is 3.48. The van der Waals surface area contributed by atoms with Gasteiger partial charge in [0.15, 0.2) is 0 Å². The Labute approximate surface area is 86.3 Å². The van der Waals surface area contributed by atoms with E-state index in [0.29, 0.717) is 11.6 Å². The maximum Gasteiger partial charge on any atom is 0.309 e. The molecule has 5 heteroatoms. The molecule has 74 valence electrons. The van der Waals surface area contributed by atoms with Crippen LogP contribution in [0.3, 0.4) is 0 Å². The summed E-state index contributed by atoms with van der Waals surface area (Å²) >= 11 is 5.68. The topological polar surface area (TPSA) is 55.2 Å². The number of hydrogen-bond donors (Lipinski definition) is 1. The summed E-state index contributed by atoms with van der Waals surface area (Å²) < 4.78 is 0. The zero-order chi connectivity index (χ0) is 10.6. The van der Waals surface area contributed by atoms with Crippen molar-refractivity contribution in [1.82, 2.24) is 5.32 Å². The van der Waals surface area contributed by atoms with Crippen molar-refractivity contribution in [2.75, 3.05) is 0 Å². The first kappa shape index (κ1) is 10.5. The molecule has 0 heterocycles. The van der Waals surface area contributed by atoms with Crippen molar-refractivity contribution in [1.29, 1.82) is 0 Å². The van der Waals surface area contributed by atoms with Gasteiger partial charge in [0.05, 0.1) is 0 Å². The van der Waals surface area contributed by atoms with E-state index in [1.165, 1.54) is 0 Å². The van der Waals surface area contributed by atoms with Crippen LogP contribution in [0.4, 0.5) is 0 Å². The predicted molar refractivity (Wildman–Crippen MR) is 54.4 cm³/mol. The Morgan fingerprint density at radius 2 is 2.07 bits per heavy atom. The van der Waals surface area contributed by atoms with Gasteiger partial charge >= 0.3 is 5.82 Å². The molecule has 0 spiro atoms. The number of nitro groups is 1. The third-order valence-corrected chi connectivity index (χ3v) is 1.88. The van der Waals surface area contributed by atoms with Crippen LogP contribution in [0, 0.1) is 10.1 Å². The molecule has 0 unspecified atom stereocenters. The van der Waals surface area contributed by atoms with Crippen LogP contribution in [0.2, 0.25) is 5.02 Å². The molecule has 1 aromatic rings. The molecule has 4 nitrogen and oxygen atoms in total. The first-order valence-electron chi connectivity index (χ1n) is 3.91. The van der Waals surface area contributed by atoms with Crippen LogP contribution in [-0.4, -0.2) is 4.92 Å². The van der Waals surface area contributed by atoms with Gasteiger partial charge in [-0.1, -0.05) is 23.7 Å². The smallest absolute Gasteiger partial charge is 0.309 e. The highest BCUT2D eigenvalue weighted by Gasteiger charge is 2.03. The molecule has 0 aliphatic rings. The van der Waals surface area contributed by atoms with Gasteiger partial charge in [-0.05, 0) is 29.2 Å². The number of rotatable bonds is 4. The van der Waals surface area contributed by atoms with Crippen molar-refractivity contribution < 1.29 is 4.92 Å². The van der Waals surface area contributed by atoms with Crippen molar-refractivity contribution >= 4 is 11.6 Å². The summed E-state index contributed by atoms with van der Waals surface area (Å²) in [6.07, 6.45) is 0. The van der Waals surface area contributed by atoms with E-state index in [4.69, 9.17) is 11.6 Å². The number of nitrogens with one attached hydrogen (secondary N) is 1. The Morgan fingerprint density at radius 1 is 1.50 bits per heavy atom. The van der Waals surface area contributed by atoms with E-state index < -0.39 is 4.92 Å². The van der Waals surface area contributed by atoms with Crippen LogP contribution in [-0.2, 0) is 6.54 Å². The average Bonchev–Trinajstić information content (AvgIpc) is 2.16. The predicted octanol–water partition coefficient (Wildman–Crippen LogP) is 2.18. The average molecular weight is 213 g/mol. The molecular formula is C9H9ClN2O2. The van der Waals surface area contributed by atoms with Crippen molar-refractivity contribution in [3.8, 4) is 0 Å². The van der Waals surface area contributed by atoms with Crippen molar-refractivity contribution in [3.63, 3.8) is 0 Å². The largest absolute Gasteiger partial charge is 0.358 e. The first-order chi connectivity index (χ1) is 6.59. The van der Waals surface area contributed by atoms with E-state index in [9.17, 15) is 10.1 Å². The quantitative estimate of drug-likeness (QED) is 0.615. The molecule has 1 rings (SSSR count). The molecule has 1 aromatic carbocycles. The summed E-state index contributed by atoms with van der Waals surface area (Å²) in [6, 6.07) is 7.05. The minimum atomic E-state index is -0.560. The van der Waals surface area contributed by atoms with Crippen LogP contribution in [0.15, 0.2) is 36.7 Å². The monoisotopic (exact) mass is 212 g/mol. The minimum absolute atomic E-state index is 0.208. The van der Waals surface area contributed by atoms with Crippen LogP contribution < -0.4 is 5.32 Å². The van der Waals surface area contributed by atoms with Crippen LogP contribution in [0.1, 0.15) is 5.56 Å². The molecule has 0 saturated carbocycles. The molecule has 0 atom stereocenters. The number of halogens is 1. The molecule has 0 bridgehead atoms. The SMILES string of the molecule is C=C(NCc1ccc(Cl)cc1)[N+](=O)[O-]. The van der Waals surface area contributed by atoms with E-state index in [1.807, 2.05) is 0 Å². The second-order valence-electron chi connectivity index (χ2n) is 2.68. The van der Waals surface area contributed by atoms with Gasteiger partial charge in [-0.3, -0.25) is 5.32 Å². The van der Waals surface area contributed by atoms with Gasteiger partial charge in [0, 0.05) is 5.02 Å². The van der Waals surface area contributed by atoms with Gasteiger partial charge in [0.25, 0.3) is 0 Å². The molecule has 0 aromatic heterocycles. The molecule has 0 fully saturated rings. The molecule has 0 saturated heterocycles. The maximum absolute atomic E-state index is 10.2. The standard InChI is InChI=1S/C9H9ClN2O2/c1-7(12(13)14)11-6-8-2-4-9(10)5-3-8/h2-5,11H,1,6H2. The van der Waals surface area contributed by atoms with E-state index in [2.05, 4.69) is 11.9 Å². The number of nitrogens with zero attached hydrogens (tertiary/aromatic N) is 1. The summed E-state index contributed by atoms with van der Waals surface area (Å²) in [5.74, 6) is -0.208. The number of hydrogen-bond acceptors (Lipinski definition) is 3. The zero-order valence-corrected chi connectivity index (χ0v) is 8.12. The van der Waals surface area contributed by atoms with E-state index in [0.717, 1.165) is 5.56 Å². The van der Waals surface area contributed by atoms with E-state index in [-0.39, 0.29) is 5.82 Å². The molecular weight excluding hydrogens is 204 g/mol. The fourth-order valence-corrected chi connectivity index (χ4v) is 0.997. The molecule has 0 radical (unpaired) electrons. The first-order valence-corrected chi connectivity index (χ1v) is 4.29. The van der Waals surface area contributed by atoms with Crippen molar-refractivity contribution in [2.24, 2.45) is 0 Å². The highest BCUT2D eigenvalue weighted by atomic mass is 35.5. The van der Waals surface area contributed by atoms with E-state index >= 15 is 0 Å². The Bertz CT molecular complexity index is 348. The third kappa shape index (κ3) is 3.06. The number of benzene rings is 1. The maximum atomic E-state index is 10.2. The third-order valence-electron chi connectivity index (χ3n) is 1.63. The lowest BCUT2D eigenvalue weighted by atomic mass is 10.2. The zero-order valence-electron chi connectivity index (χ0n) is 7.37. The fourth-order valence-electron chi connectivity index (χ4n) is 0.871. The van der Waals surface area contributed by atoms with Gasteiger partial charge in [-0.25, -0.2) is 0 Å². The normalized spacial score (nSPS) is 9.50. The second-order valence-corrected chi connectivity index (χ2v) is 3.12. The Morgan fingerprint density at radius 3 is 2.57 bits per heavy atom. The lowest BCUT2D eigenvalue weighted by molar-refractivity contribution is -0.431. The molecule has 1 N–H and O–H groups in total. The van der Waals surface area contributed by atoms with Gasteiger partial charge in [0.1, 0.15) is 6.54 Å². The summed E-state index contributed by atoms with van der Waals surface area (Å²) in [5, 5.41) is 13.4. The minimum Gasteiger partial charge on any atom is -0.358 e. The van der Waals surface area contributed by atoms with Crippen LogP contribution in [0.25, 0.3) is 0 Å². The lowest BCUT2D eigenvalue weighted by Crippen LogP contribution is -2.17. The van der Waals surface area contributed by atoms with Gasteiger partial charge in [0.2, 0.25) is 0 Å². The molecule has 0 aliphatic heterocycles. The molecule has 0 amide bonds. The van der Waals surface area contributed by atoms with Gasteiger partial charge in [-0.15, -0.1) is 0 Å². The molecule has 0 aliphatic carbocycles. The highest BCUT2D eigenvalue weighted by molar-refractivity contribution is 6.30. The highest BCUT2D eigenvalue weighted by Crippen LogP contribution is 2.09. The van der Waals surface area contributed by atoms with Gasteiger partial charge < -0.3 is 10.1 Å². The van der Waals surface area contributed by atoms with Crippen LogP contribution >= 0.6 is 11.6 Å². The molecule has 14 heavy (non-hydrogen) atoms. The summed E-state index contributed by atoms with van der Waals surface area (Å²) in [7, 11) is 0. The lowest BCUT2D eigenvalue weighted by Gasteiger charge is -2.01. The summed E-state index contributed by atoms with van der Waals surface area (Å²) in [4.78, 5) is 9.64. The Balaban J connectivity index is 2.50. The summed E-state index contributed by atoms with van der Waals surface area (Å²) in [6.45, 7) is 3.62. The Hall–Kier alpha value is -1.55.